The van der Waals surface area contributed by atoms with E-state index in [1.54, 1.807) is 41.4 Å². The number of phenolic OH excluding ortho intramolecular Hbond substituents is 1. The average molecular weight is 523 g/mol. The first-order valence-corrected chi connectivity index (χ1v) is 11.6. The van der Waals surface area contributed by atoms with E-state index in [0.29, 0.717) is 38.7 Å². The number of furan rings is 1. The van der Waals surface area contributed by atoms with Crippen molar-refractivity contribution in [1.29, 1.82) is 0 Å². The maximum absolute atomic E-state index is 11.2. The number of non-ortho nitro benzene ring substituents is 1. The summed E-state index contributed by atoms with van der Waals surface area (Å²) in [4.78, 5) is 16.9. The van der Waals surface area contributed by atoms with Crippen LogP contribution in [0.2, 0.25) is 5.02 Å². The van der Waals surface area contributed by atoms with Gasteiger partial charge >= 0.3 is 0 Å². The van der Waals surface area contributed by atoms with E-state index in [1.165, 1.54) is 25.3 Å². The van der Waals surface area contributed by atoms with Crippen LogP contribution in [0.3, 0.4) is 0 Å². The number of aromatic nitrogens is 1. The molecule has 9 nitrogen and oxygen atoms in total. The molecule has 4 aromatic rings. The quantitative estimate of drug-likeness (QED) is 0.184. The maximum Gasteiger partial charge on any atom is 0.273 e. The average Bonchev–Trinajstić information content (AvgIpc) is 3.50. The Balaban J connectivity index is 1.62. The van der Waals surface area contributed by atoms with Crippen molar-refractivity contribution in [3.8, 4) is 22.8 Å². The van der Waals surface area contributed by atoms with Crippen LogP contribution in [-0.4, -0.2) is 27.2 Å². The number of nitro benzene ring substituents is 1. The number of nitrogens with one attached hydrogen (secondary N) is 1. The van der Waals surface area contributed by atoms with Crippen LogP contribution < -0.4 is 15.0 Å². The first kappa shape index (κ1) is 23.6. The molecule has 0 bridgehead atoms. The molecule has 2 aromatic heterocycles. The normalized spacial score (nSPS) is 17.2. The third-order valence-corrected chi connectivity index (χ3v) is 6.42. The van der Waals surface area contributed by atoms with Gasteiger partial charge in [0.05, 0.1) is 41.1 Å². The van der Waals surface area contributed by atoms with Crippen LogP contribution in [-0.2, 0) is 0 Å². The first-order chi connectivity index (χ1) is 17.4. The molecule has 1 aliphatic rings. The van der Waals surface area contributed by atoms with Gasteiger partial charge in [0, 0.05) is 17.3 Å². The summed E-state index contributed by atoms with van der Waals surface area (Å²) in [6, 6.07) is 17.2. The minimum Gasteiger partial charge on any atom is -0.506 e. The van der Waals surface area contributed by atoms with E-state index in [9.17, 15) is 15.2 Å². The van der Waals surface area contributed by atoms with Crippen molar-refractivity contribution in [2.75, 3.05) is 12.0 Å². The van der Waals surface area contributed by atoms with E-state index in [1.807, 2.05) is 18.2 Å². The third-order valence-electron chi connectivity index (χ3n) is 5.87. The molecular weight excluding hydrogens is 504 g/mol. The molecule has 1 saturated heterocycles. The molecule has 5 rings (SSSR count). The summed E-state index contributed by atoms with van der Waals surface area (Å²) < 4.78 is 11.7. The fraction of sp³-hybridized carbons (Fsp3) is 0.120. The molecule has 1 aliphatic heterocycles. The second kappa shape index (κ2) is 9.48. The van der Waals surface area contributed by atoms with Gasteiger partial charge in [-0.25, -0.2) is 0 Å². The van der Waals surface area contributed by atoms with Crippen molar-refractivity contribution in [3.63, 3.8) is 0 Å². The summed E-state index contributed by atoms with van der Waals surface area (Å²) in [6.07, 6.45) is 1.69. The van der Waals surface area contributed by atoms with Gasteiger partial charge in [0.1, 0.15) is 29.1 Å². The fourth-order valence-corrected chi connectivity index (χ4v) is 4.75. The molecular formula is C25H19ClN4O5S. The van der Waals surface area contributed by atoms with E-state index < -0.39 is 17.0 Å². The standard InChI is InChI=1S/C25H19ClN4O5S/c1-34-22-13-15(30(32)33)6-7-16(22)20-9-10-21(35-20)24-23(17-4-2-3-11-27-17)28-25(36)29(24)18-12-14(26)5-8-19(18)31/h2-13,23-24,31H,1H3,(H,28,36)/t23-,24+/m0/s1. The molecule has 36 heavy (non-hydrogen) atoms. The number of hydrogen-bond acceptors (Lipinski definition) is 7. The Morgan fingerprint density at radius 3 is 2.75 bits per heavy atom. The summed E-state index contributed by atoms with van der Waals surface area (Å²) in [5.74, 6) is 1.27. The number of aromatic hydroxyl groups is 1. The lowest BCUT2D eigenvalue weighted by atomic mass is 10.0. The van der Waals surface area contributed by atoms with E-state index in [0.717, 1.165) is 5.69 Å². The summed E-state index contributed by atoms with van der Waals surface area (Å²) in [6.45, 7) is 0. The van der Waals surface area contributed by atoms with Crippen molar-refractivity contribution in [2.24, 2.45) is 0 Å². The Bertz CT molecular complexity index is 1460. The van der Waals surface area contributed by atoms with Crippen molar-refractivity contribution in [3.05, 3.63) is 99.5 Å². The van der Waals surface area contributed by atoms with Crippen LogP contribution in [0.5, 0.6) is 11.5 Å². The highest BCUT2D eigenvalue weighted by atomic mass is 35.5. The van der Waals surface area contributed by atoms with Crippen LogP contribution in [0.4, 0.5) is 11.4 Å². The number of nitro groups is 1. The lowest BCUT2D eigenvalue weighted by Crippen LogP contribution is -2.29. The third kappa shape index (κ3) is 4.21. The molecule has 0 spiro atoms. The van der Waals surface area contributed by atoms with Crippen molar-refractivity contribution in [2.45, 2.75) is 12.1 Å². The molecule has 0 radical (unpaired) electrons. The summed E-state index contributed by atoms with van der Waals surface area (Å²) >= 11 is 11.9. The first-order valence-electron chi connectivity index (χ1n) is 10.8. The Labute approximate surface area is 216 Å². The van der Waals surface area contributed by atoms with Crippen LogP contribution in [0.1, 0.15) is 23.5 Å². The fourth-order valence-electron chi connectivity index (χ4n) is 4.25. The van der Waals surface area contributed by atoms with Gasteiger partial charge in [0.2, 0.25) is 0 Å². The number of nitrogens with zero attached hydrogens (tertiary/aromatic N) is 3. The smallest absolute Gasteiger partial charge is 0.273 e. The zero-order valence-electron chi connectivity index (χ0n) is 18.8. The minimum absolute atomic E-state index is 0.000890. The number of phenols is 1. The van der Waals surface area contributed by atoms with Crippen LogP contribution in [0, 0.1) is 10.1 Å². The molecule has 0 saturated carbocycles. The highest BCUT2D eigenvalue weighted by molar-refractivity contribution is 7.80. The van der Waals surface area contributed by atoms with E-state index in [-0.39, 0.29) is 11.4 Å². The second-order valence-corrected chi connectivity index (χ2v) is 8.80. The minimum atomic E-state index is -0.533. The van der Waals surface area contributed by atoms with Crippen LogP contribution in [0.15, 0.2) is 77.3 Å². The molecule has 0 aliphatic carbocycles. The zero-order chi connectivity index (χ0) is 25.4. The van der Waals surface area contributed by atoms with Gasteiger partial charge in [-0.05, 0) is 60.7 Å². The maximum atomic E-state index is 11.2. The van der Waals surface area contributed by atoms with E-state index in [4.69, 9.17) is 33.0 Å². The number of rotatable bonds is 6. The Morgan fingerprint density at radius 1 is 1.19 bits per heavy atom. The number of anilines is 1. The van der Waals surface area contributed by atoms with Gasteiger partial charge in [0.25, 0.3) is 5.69 Å². The van der Waals surface area contributed by atoms with Gasteiger partial charge in [-0.3, -0.25) is 15.1 Å². The zero-order valence-corrected chi connectivity index (χ0v) is 20.4. The monoisotopic (exact) mass is 522 g/mol. The van der Waals surface area contributed by atoms with Gasteiger partial charge in [-0.1, -0.05) is 17.7 Å². The highest BCUT2D eigenvalue weighted by Crippen LogP contribution is 2.46. The number of hydrogen-bond donors (Lipinski definition) is 2. The van der Waals surface area contributed by atoms with Crippen LogP contribution >= 0.6 is 23.8 Å². The predicted molar refractivity (Wildman–Crippen MR) is 138 cm³/mol. The van der Waals surface area contributed by atoms with Gasteiger partial charge in [0.15, 0.2) is 5.11 Å². The van der Waals surface area contributed by atoms with E-state index in [2.05, 4.69) is 10.3 Å². The van der Waals surface area contributed by atoms with Crippen molar-refractivity contribution >= 4 is 40.3 Å². The SMILES string of the molecule is COc1cc([N+](=O)[O-])ccc1-c1ccc([C@@H]2[C@H](c3ccccn3)NC(=S)N2c2cc(Cl)ccc2O)o1. The van der Waals surface area contributed by atoms with Gasteiger partial charge in [-0.15, -0.1) is 0 Å². The number of thiocarbonyl (C=S) groups is 1. The van der Waals surface area contributed by atoms with Crippen molar-refractivity contribution in [1.82, 2.24) is 10.3 Å². The number of benzene rings is 2. The molecule has 0 amide bonds. The summed E-state index contributed by atoms with van der Waals surface area (Å²) in [5, 5.41) is 25.9. The van der Waals surface area contributed by atoms with Gasteiger partial charge < -0.3 is 24.5 Å². The highest BCUT2D eigenvalue weighted by Gasteiger charge is 2.43. The molecule has 1 fully saturated rings. The van der Waals surface area contributed by atoms with Crippen molar-refractivity contribution < 1.29 is 19.2 Å². The predicted octanol–water partition coefficient (Wildman–Crippen LogP) is 5.79. The lowest BCUT2D eigenvalue weighted by Gasteiger charge is -2.26. The summed E-state index contributed by atoms with van der Waals surface area (Å²) in [7, 11) is 1.44. The Hall–Kier alpha value is -4.15. The second-order valence-electron chi connectivity index (χ2n) is 7.97. The Kier molecular flexibility index (Phi) is 6.21. The van der Waals surface area contributed by atoms with Gasteiger partial charge in [-0.2, -0.15) is 0 Å². The molecule has 2 aromatic carbocycles. The molecule has 11 heteroatoms. The van der Waals surface area contributed by atoms with E-state index >= 15 is 0 Å². The number of ether oxygens (including phenoxy) is 1. The molecule has 2 N–H and O–H groups in total. The Morgan fingerprint density at radius 2 is 2.03 bits per heavy atom. The van der Waals surface area contributed by atoms with Crippen LogP contribution in [0.25, 0.3) is 11.3 Å². The molecule has 182 valence electrons. The molecule has 0 unspecified atom stereocenters. The molecule has 2 atom stereocenters. The topological polar surface area (TPSA) is 114 Å². The number of pyridine rings is 1. The summed E-state index contributed by atoms with van der Waals surface area (Å²) in [5.41, 5.74) is 1.59. The molecule has 3 heterocycles. The number of halogens is 1. The largest absolute Gasteiger partial charge is 0.506 e. The lowest BCUT2D eigenvalue weighted by molar-refractivity contribution is -0.384. The number of methoxy groups -OCH3 is 1.